The largest absolute Gasteiger partial charge is 0.497 e. The number of benzene rings is 1. The van der Waals surface area contributed by atoms with Crippen LogP contribution >= 0.6 is 0 Å². The Hall–Kier alpha value is -2.36. The number of anilines is 1. The van der Waals surface area contributed by atoms with Gasteiger partial charge in [-0.1, -0.05) is 12.1 Å². The van der Waals surface area contributed by atoms with Crippen LogP contribution in [0, 0.1) is 0 Å². The molecule has 0 bridgehead atoms. The van der Waals surface area contributed by atoms with Crippen molar-refractivity contribution in [2.45, 2.75) is 12.8 Å². The molecule has 0 spiro atoms. The topological polar surface area (TPSA) is 46.5 Å². The predicted octanol–water partition coefficient (Wildman–Crippen LogP) is 3.12. The van der Waals surface area contributed by atoms with Crippen molar-refractivity contribution in [1.82, 2.24) is 4.98 Å². The Morgan fingerprint density at radius 3 is 2.58 bits per heavy atom. The van der Waals surface area contributed by atoms with Crippen molar-refractivity contribution in [3.63, 3.8) is 0 Å². The lowest BCUT2D eigenvalue weighted by atomic mass is 10.1. The third-order valence-electron chi connectivity index (χ3n) is 2.69. The molecule has 98 valence electrons. The van der Waals surface area contributed by atoms with E-state index in [0.29, 0.717) is 0 Å². The molecule has 1 heterocycles. The molecule has 0 aliphatic heterocycles. The summed E-state index contributed by atoms with van der Waals surface area (Å²) in [5.41, 5.74) is 5.17. The summed E-state index contributed by atoms with van der Waals surface area (Å²) in [5, 5.41) is 4.16. The number of rotatable bonds is 6. The van der Waals surface area contributed by atoms with Crippen molar-refractivity contribution in [2.75, 3.05) is 12.5 Å². The van der Waals surface area contributed by atoms with Crippen LogP contribution in [0.2, 0.25) is 0 Å². The third kappa shape index (κ3) is 4.43. The average molecular weight is 255 g/mol. The minimum atomic E-state index is 0.886. The normalized spacial score (nSPS) is 10.6. The zero-order chi connectivity index (χ0) is 13.3. The van der Waals surface area contributed by atoms with Crippen LogP contribution in [0.3, 0.4) is 0 Å². The van der Waals surface area contributed by atoms with E-state index in [1.807, 2.05) is 30.5 Å². The van der Waals surface area contributed by atoms with E-state index < -0.39 is 0 Å². The van der Waals surface area contributed by atoms with Gasteiger partial charge < -0.3 is 4.74 Å². The van der Waals surface area contributed by atoms with Gasteiger partial charge in [-0.05, 0) is 42.7 Å². The molecule has 0 amide bonds. The minimum absolute atomic E-state index is 0.886. The van der Waals surface area contributed by atoms with Crippen molar-refractivity contribution in [1.29, 1.82) is 0 Å². The molecule has 19 heavy (non-hydrogen) atoms. The lowest BCUT2D eigenvalue weighted by Gasteiger charge is -2.01. The summed E-state index contributed by atoms with van der Waals surface area (Å²) >= 11 is 0. The van der Waals surface area contributed by atoms with Gasteiger partial charge in [-0.3, -0.25) is 10.4 Å². The van der Waals surface area contributed by atoms with E-state index in [2.05, 4.69) is 27.6 Å². The molecule has 0 aliphatic rings. The number of aryl methyl sites for hydroxylation is 1. The maximum atomic E-state index is 5.12. The fourth-order valence-electron chi connectivity index (χ4n) is 1.63. The Bertz CT molecular complexity index is 509. The van der Waals surface area contributed by atoms with Gasteiger partial charge in [0.05, 0.1) is 12.8 Å². The van der Waals surface area contributed by atoms with Crippen molar-refractivity contribution in [2.24, 2.45) is 5.10 Å². The number of nitrogens with zero attached hydrogens (tertiary/aromatic N) is 2. The van der Waals surface area contributed by atoms with Crippen LogP contribution in [0.25, 0.3) is 0 Å². The number of hydrogen-bond acceptors (Lipinski definition) is 4. The Labute approximate surface area is 113 Å². The van der Waals surface area contributed by atoms with Gasteiger partial charge >= 0.3 is 0 Å². The molecule has 0 unspecified atom stereocenters. The molecule has 2 rings (SSSR count). The Morgan fingerprint density at radius 2 is 1.89 bits per heavy atom. The van der Waals surface area contributed by atoms with Crippen LogP contribution < -0.4 is 10.2 Å². The van der Waals surface area contributed by atoms with Crippen molar-refractivity contribution in [3.8, 4) is 5.75 Å². The first kappa shape index (κ1) is 13.1. The van der Waals surface area contributed by atoms with Crippen LogP contribution in [-0.2, 0) is 6.42 Å². The number of aromatic nitrogens is 1. The minimum Gasteiger partial charge on any atom is -0.497 e. The molecule has 2 aromatic rings. The monoisotopic (exact) mass is 255 g/mol. The molecular formula is C15H17N3O. The summed E-state index contributed by atoms with van der Waals surface area (Å²) in [6.45, 7) is 0. The highest BCUT2D eigenvalue weighted by molar-refractivity contribution is 5.59. The first-order valence-corrected chi connectivity index (χ1v) is 6.19. The van der Waals surface area contributed by atoms with Crippen molar-refractivity contribution >= 4 is 11.9 Å². The van der Waals surface area contributed by atoms with E-state index in [4.69, 9.17) is 4.74 Å². The molecule has 4 nitrogen and oxygen atoms in total. The molecule has 0 saturated heterocycles. The van der Waals surface area contributed by atoms with Crippen LogP contribution in [0.4, 0.5) is 5.69 Å². The second-order valence-corrected chi connectivity index (χ2v) is 4.05. The standard InChI is InChI=1S/C15H17N3O/c1-19-15-6-4-13(5-7-15)3-2-10-17-18-14-8-11-16-12-9-14/h4-12H,2-3H2,1H3,(H,16,18)/b17-10-. The highest BCUT2D eigenvalue weighted by Gasteiger charge is 1.93. The van der Waals surface area contributed by atoms with E-state index in [-0.39, 0.29) is 0 Å². The fraction of sp³-hybridized carbons (Fsp3) is 0.200. The lowest BCUT2D eigenvalue weighted by molar-refractivity contribution is 0.414. The number of ether oxygens (including phenoxy) is 1. The maximum Gasteiger partial charge on any atom is 0.118 e. The van der Waals surface area contributed by atoms with Crippen molar-refractivity contribution in [3.05, 3.63) is 54.4 Å². The molecule has 0 fully saturated rings. The van der Waals surface area contributed by atoms with E-state index in [1.54, 1.807) is 19.5 Å². The summed E-state index contributed by atoms with van der Waals surface area (Å²) < 4.78 is 5.12. The van der Waals surface area contributed by atoms with Gasteiger partial charge in [0.15, 0.2) is 0 Å². The van der Waals surface area contributed by atoms with Crippen LogP contribution in [0.5, 0.6) is 5.75 Å². The Kier molecular flexibility index (Phi) is 4.93. The second-order valence-electron chi connectivity index (χ2n) is 4.05. The van der Waals surface area contributed by atoms with Gasteiger partial charge in [-0.2, -0.15) is 5.10 Å². The van der Waals surface area contributed by atoms with Gasteiger partial charge in [0, 0.05) is 18.6 Å². The molecule has 0 aliphatic carbocycles. The number of pyridine rings is 1. The van der Waals surface area contributed by atoms with E-state index in [1.165, 1.54) is 5.56 Å². The fourth-order valence-corrected chi connectivity index (χ4v) is 1.63. The molecule has 1 N–H and O–H groups in total. The van der Waals surface area contributed by atoms with Crippen LogP contribution in [0.1, 0.15) is 12.0 Å². The number of hydrogen-bond donors (Lipinski definition) is 1. The van der Waals surface area contributed by atoms with Gasteiger partial charge in [0.25, 0.3) is 0 Å². The van der Waals surface area contributed by atoms with E-state index in [0.717, 1.165) is 24.3 Å². The van der Waals surface area contributed by atoms with Gasteiger partial charge in [0.2, 0.25) is 0 Å². The van der Waals surface area contributed by atoms with Crippen LogP contribution in [-0.4, -0.2) is 18.3 Å². The number of nitrogens with one attached hydrogen (secondary N) is 1. The summed E-state index contributed by atoms with van der Waals surface area (Å²) in [6, 6.07) is 11.8. The first-order chi connectivity index (χ1) is 9.38. The molecule has 4 heteroatoms. The van der Waals surface area contributed by atoms with Crippen LogP contribution in [0.15, 0.2) is 53.9 Å². The molecule has 0 atom stereocenters. The number of methoxy groups -OCH3 is 1. The number of hydrazone groups is 1. The summed E-state index contributed by atoms with van der Waals surface area (Å²) in [7, 11) is 1.67. The Morgan fingerprint density at radius 1 is 1.16 bits per heavy atom. The smallest absolute Gasteiger partial charge is 0.118 e. The highest BCUT2D eigenvalue weighted by atomic mass is 16.5. The van der Waals surface area contributed by atoms with E-state index >= 15 is 0 Å². The van der Waals surface area contributed by atoms with Gasteiger partial charge in [-0.25, -0.2) is 0 Å². The summed E-state index contributed by atoms with van der Waals surface area (Å²) in [6.07, 6.45) is 7.20. The Balaban J connectivity index is 1.73. The lowest BCUT2D eigenvalue weighted by Crippen LogP contribution is -1.91. The second kappa shape index (κ2) is 7.16. The third-order valence-corrected chi connectivity index (χ3v) is 2.69. The zero-order valence-electron chi connectivity index (χ0n) is 10.9. The van der Waals surface area contributed by atoms with Gasteiger partial charge in [-0.15, -0.1) is 0 Å². The predicted molar refractivity (Wildman–Crippen MR) is 77.7 cm³/mol. The quantitative estimate of drug-likeness (QED) is 0.637. The molecule has 1 aromatic heterocycles. The van der Waals surface area contributed by atoms with Crippen molar-refractivity contribution < 1.29 is 4.74 Å². The zero-order valence-corrected chi connectivity index (χ0v) is 10.9. The highest BCUT2D eigenvalue weighted by Crippen LogP contribution is 2.12. The maximum absolute atomic E-state index is 5.12. The molecule has 1 aromatic carbocycles. The average Bonchev–Trinajstić information content (AvgIpc) is 2.49. The summed E-state index contributed by atoms with van der Waals surface area (Å²) in [4.78, 5) is 3.94. The first-order valence-electron chi connectivity index (χ1n) is 6.19. The SMILES string of the molecule is COc1ccc(CC/C=N\Nc2ccncc2)cc1. The molecular weight excluding hydrogens is 238 g/mol. The van der Waals surface area contributed by atoms with E-state index in [9.17, 15) is 0 Å². The molecule has 0 radical (unpaired) electrons. The summed E-state index contributed by atoms with van der Waals surface area (Å²) in [5.74, 6) is 0.886. The van der Waals surface area contributed by atoms with Gasteiger partial charge in [0.1, 0.15) is 5.75 Å². The molecule has 0 saturated carbocycles.